The van der Waals surface area contributed by atoms with Crippen LogP contribution < -0.4 is 10.2 Å². The second-order valence-electron chi connectivity index (χ2n) is 7.08. The van der Waals surface area contributed by atoms with E-state index >= 15 is 0 Å². The van der Waals surface area contributed by atoms with Gasteiger partial charge in [-0.3, -0.25) is 5.32 Å². The molecule has 158 valence electrons. The van der Waals surface area contributed by atoms with Crippen LogP contribution >= 0.6 is 34.4 Å². The smallest absolute Gasteiger partial charge is 0.234 e. The molecule has 3 aromatic heterocycles. The summed E-state index contributed by atoms with van der Waals surface area (Å²) in [6.45, 7) is 3.78. The van der Waals surface area contributed by atoms with Crippen LogP contribution in [0.4, 0.5) is 17.0 Å². The topological polar surface area (TPSA) is 70.1 Å². The van der Waals surface area contributed by atoms with Crippen molar-refractivity contribution in [3.63, 3.8) is 0 Å². The molecule has 0 radical (unpaired) electrons. The first-order chi connectivity index (χ1) is 15.2. The van der Waals surface area contributed by atoms with E-state index in [1.54, 1.807) is 22.7 Å². The Morgan fingerprint density at radius 1 is 0.935 bits per heavy atom. The molecule has 0 spiro atoms. The first-order valence-electron chi connectivity index (χ1n) is 9.92. The van der Waals surface area contributed by atoms with Crippen LogP contribution in [0.3, 0.4) is 0 Å². The molecule has 0 saturated carbocycles. The van der Waals surface area contributed by atoms with Crippen LogP contribution in [-0.2, 0) is 0 Å². The molecule has 1 aliphatic heterocycles. The molecule has 31 heavy (non-hydrogen) atoms. The molecule has 0 unspecified atom stereocenters. The largest absolute Gasteiger partial charge is 0.338 e. The van der Waals surface area contributed by atoms with Gasteiger partial charge in [-0.2, -0.15) is 15.0 Å². The molecule has 1 saturated heterocycles. The highest BCUT2D eigenvalue weighted by molar-refractivity contribution is 7.99. The normalized spacial score (nSPS) is 14.7. The Hall–Kier alpha value is -2.53. The summed E-state index contributed by atoms with van der Waals surface area (Å²) in [6.07, 6.45) is 1.89. The van der Waals surface area contributed by atoms with Crippen LogP contribution in [0.15, 0.2) is 64.1 Å². The minimum Gasteiger partial charge on any atom is -0.338 e. The lowest BCUT2D eigenvalue weighted by molar-refractivity contribution is 0.311. The zero-order chi connectivity index (χ0) is 21.0. The fourth-order valence-corrected chi connectivity index (χ4v) is 5.54. The maximum atomic E-state index is 4.76. The zero-order valence-corrected chi connectivity index (χ0v) is 19.4. The lowest BCUT2D eigenvalue weighted by atomic mass is 10.3. The fourth-order valence-electron chi connectivity index (χ4n) is 3.15. The molecule has 0 atom stereocenters. The van der Waals surface area contributed by atoms with Crippen LogP contribution in [0.2, 0.25) is 0 Å². The van der Waals surface area contributed by atoms with Gasteiger partial charge < -0.3 is 9.80 Å². The third-order valence-electron chi connectivity index (χ3n) is 4.83. The molecule has 4 heterocycles. The van der Waals surface area contributed by atoms with E-state index in [0.717, 1.165) is 41.1 Å². The maximum Gasteiger partial charge on any atom is 0.234 e. The van der Waals surface area contributed by atoms with Gasteiger partial charge in [0, 0.05) is 42.1 Å². The third kappa shape index (κ3) is 5.04. The van der Waals surface area contributed by atoms with Crippen LogP contribution in [0.1, 0.15) is 0 Å². The summed E-state index contributed by atoms with van der Waals surface area (Å²) in [6, 6.07) is 14.3. The van der Waals surface area contributed by atoms with E-state index in [4.69, 9.17) is 9.97 Å². The van der Waals surface area contributed by atoms with Gasteiger partial charge in [-0.15, -0.1) is 11.3 Å². The fraction of sp³-hybridized carbons (Fsp3) is 0.238. The van der Waals surface area contributed by atoms with Crippen LogP contribution in [0.5, 0.6) is 0 Å². The van der Waals surface area contributed by atoms with Crippen LogP contribution in [0, 0.1) is 0 Å². The van der Waals surface area contributed by atoms with Crippen molar-refractivity contribution in [1.29, 1.82) is 0 Å². The molecular weight excluding hydrogens is 446 g/mol. The summed E-state index contributed by atoms with van der Waals surface area (Å²) >= 11 is 4.85. The highest BCUT2D eigenvalue weighted by atomic mass is 32.2. The predicted molar refractivity (Wildman–Crippen MR) is 129 cm³/mol. The van der Waals surface area contributed by atoms with Gasteiger partial charge in [0.05, 0.1) is 4.88 Å². The number of thiazole rings is 1. The number of benzene rings is 1. The lowest BCUT2D eigenvalue weighted by Gasteiger charge is -2.32. The molecule has 7 nitrogen and oxygen atoms in total. The molecular formula is C21H21N7S3. The first-order valence-corrected chi connectivity index (χ1v) is 12.4. The first kappa shape index (κ1) is 20.4. The Labute approximate surface area is 193 Å². The van der Waals surface area contributed by atoms with E-state index in [9.17, 15) is 0 Å². The Bertz CT molecular complexity index is 1120. The van der Waals surface area contributed by atoms with Gasteiger partial charge >= 0.3 is 0 Å². The van der Waals surface area contributed by atoms with Crippen molar-refractivity contribution in [1.82, 2.24) is 24.8 Å². The number of nitrogens with one attached hydrogen (secondary N) is 1. The Kier molecular flexibility index (Phi) is 6.12. The number of hydrogen-bond acceptors (Lipinski definition) is 10. The van der Waals surface area contributed by atoms with Gasteiger partial charge in [-0.1, -0.05) is 35.6 Å². The quantitative estimate of drug-likeness (QED) is 0.437. The summed E-state index contributed by atoms with van der Waals surface area (Å²) in [4.78, 5) is 26.6. The van der Waals surface area contributed by atoms with E-state index < -0.39 is 0 Å². The standard InChI is InChI=1S/C21H21N7S3/c1-27-9-11-28(12-10-27)19-23-18(25-21(26-19)30-15-6-3-2-4-7-15)24-20-22-14-17(31-20)16-8-5-13-29-16/h2-8,13-14H,9-12H2,1H3,(H,22,23,24,25,26). The highest BCUT2D eigenvalue weighted by Gasteiger charge is 2.19. The molecule has 1 aromatic carbocycles. The zero-order valence-electron chi connectivity index (χ0n) is 16.9. The number of likely N-dealkylation sites (N-methyl/N-ethyl adjacent to an activating group) is 1. The molecule has 10 heteroatoms. The average molecular weight is 468 g/mol. The molecule has 0 amide bonds. The highest BCUT2D eigenvalue weighted by Crippen LogP contribution is 2.33. The summed E-state index contributed by atoms with van der Waals surface area (Å²) < 4.78 is 0. The monoisotopic (exact) mass is 467 g/mol. The summed E-state index contributed by atoms with van der Waals surface area (Å²) in [7, 11) is 2.14. The molecule has 0 bridgehead atoms. The third-order valence-corrected chi connectivity index (χ3v) is 7.68. The van der Waals surface area contributed by atoms with Gasteiger partial charge in [0.25, 0.3) is 0 Å². The molecule has 0 aliphatic carbocycles. The molecule has 5 rings (SSSR count). The number of hydrogen-bond donors (Lipinski definition) is 1. The predicted octanol–water partition coefficient (Wildman–Crippen LogP) is 4.70. The summed E-state index contributed by atoms with van der Waals surface area (Å²) in [5, 5.41) is 6.82. The van der Waals surface area contributed by atoms with E-state index in [0.29, 0.717) is 17.1 Å². The van der Waals surface area contributed by atoms with Crippen molar-refractivity contribution >= 4 is 51.5 Å². The van der Waals surface area contributed by atoms with Crippen molar-refractivity contribution in [2.45, 2.75) is 10.1 Å². The average Bonchev–Trinajstić information content (AvgIpc) is 3.47. The minimum absolute atomic E-state index is 0.523. The van der Waals surface area contributed by atoms with Crippen molar-refractivity contribution in [3.05, 3.63) is 54.0 Å². The number of nitrogens with zero attached hydrogens (tertiary/aromatic N) is 6. The number of thiophene rings is 1. The number of anilines is 3. The van der Waals surface area contributed by atoms with Crippen LogP contribution in [-0.4, -0.2) is 58.1 Å². The van der Waals surface area contributed by atoms with Crippen molar-refractivity contribution in [3.8, 4) is 9.75 Å². The Balaban J connectivity index is 1.42. The van der Waals surface area contributed by atoms with E-state index in [-0.39, 0.29) is 0 Å². The van der Waals surface area contributed by atoms with Crippen molar-refractivity contribution < 1.29 is 0 Å². The van der Waals surface area contributed by atoms with Crippen molar-refractivity contribution in [2.24, 2.45) is 0 Å². The molecule has 4 aromatic rings. The van der Waals surface area contributed by atoms with Crippen LogP contribution in [0.25, 0.3) is 9.75 Å². The van der Waals surface area contributed by atoms with Gasteiger partial charge in [-0.25, -0.2) is 4.98 Å². The second kappa shape index (κ2) is 9.31. The molecule has 1 fully saturated rings. The number of aromatic nitrogens is 4. The summed E-state index contributed by atoms with van der Waals surface area (Å²) in [5.41, 5.74) is 0. The lowest BCUT2D eigenvalue weighted by Crippen LogP contribution is -2.45. The molecule has 1 aliphatic rings. The number of rotatable bonds is 6. The van der Waals surface area contributed by atoms with Gasteiger partial charge in [0.15, 0.2) is 10.3 Å². The maximum absolute atomic E-state index is 4.76. The Morgan fingerprint density at radius 3 is 2.55 bits per heavy atom. The van der Waals surface area contributed by atoms with Gasteiger partial charge in [-0.05, 0) is 42.4 Å². The Morgan fingerprint density at radius 2 is 1.77 bits per heavy atom. The van der Waals surface area contributed by atoms with Gasteiger partial charge in [0.2, 0.25) is 11.9 Å². The van der Waals surface area contributed by atoms with E-state index in [1.807, 2.05) is 30.5 Å². The van der Waals surface area contributed by atoms with Gasteiger partial charge in [0.1, 0.15) is 0 Å². The second-order valence-corrected chi connectivity index (χ2v) is 10.1. The SMILES string of the molecule is CN1CCN(c2nc(Nc3ncc(-c4cccs4)s3)nc(Sc3ccccc3)n2)CC1. The number of piperazine rings is 1. The van der Waals surface area contributed by atoms with E-state index in [2.05, 4.69) is 55.7 Å². The van der Waals surface area contributed by atoms with Crippen molar-refractivity contribution in [2.75, 3.05) is 43.4 Å². The summed E-state index contributed by atoms with van der Waals surface area (Å²) in [5.74, 6) is 1.23. The molecule has 1 N–H and O–H groups in total. The minimum atomic E-state index is 0.523. The van der Waals surface area contributed by atoms with E-state index in [1.165, 1.54) is 16.6 Å².